The van der Waals surface area contributed by atoms with Gasteiger partial charge in [-0.3, -0.25) is 14.3 Å². The van der Waals surface area contributed by atoms with Crippen molar-refractivity contribution in [3.05, 3.63) is 34.6 Å². The molecule has 0 saturated carbocycles. The molecule has 0 amide bonds. The number of nitrogens with two attached hydrogens (primary N) is 2. The molecule has 164 valence electrons. The van der Waals surface area contributed by atoms with Crippen molar-refractivity contribution >= 4 is 53.1 Å². The Hall–Kier alpha value is -1.03. The van der Waals surface area contributed by atoms with Crippen molar-refractivity contribution in [1.29, 1.82) is 0 Å². The number of nitrogen functional groups attached to an aromatic ring is 2. The van der Waals surface area contributed by atoms with Gasteiger partial charge < -0.3 is 35.3 Å². The van der Waals surface area contributed by atoms with E-state index in [-0.39, 0.29) is 58.4 Å². The fourth-order valence-corrected chi connectivity index (χ4v) is 5.88. The second-order valence-electron chi connectivity index (χ2n) is 6.90. The predicted octanol–water partition coefficient (Wildman–Crippen LogP) is -3.30. The molecule has 16 heteroatoms. The van der Waals surface area contributed by atoms with Crippen LogP contribution in [0.25, 0.3) is 11.2 Å². The minimum absolute atomic E-state index is 0. The summed E-state index contributed by atoms with van der Waals surface area (Å²) >= 11 is 5.94. The van der Waals surface area contributed by atoms with Crippen LogP contribution in [-0.4, -0.2) is 49.5 Å². The quantitative estimate of drug-likeness (QED) is 0.158. The number of ether oxygens (including phenoxy) is 1. The topological polar surface area (TPSA) is 187 Å². The molecule has 3 aromatic rings. The van der Waals surface area contributed by atoms with Crippen LogP contribution >= 0.6 is 18.5 Å². The Morgan fingerprint density at radius 3 is 2.84 bits per heavy atom. The summed E-state index contributed by atoms with van der Waals surface area (Å²) in [5.74, 6) is -0.131. The molecule has 5 rings (SSSR count). The molecular weight excluding hydrogens is 490 g/mol. The number of H-pyrrole nitrogens is 1. The zero-order valence-corrected chi connectivity index (χ0v) is 21.1. The van der Waals surface area contributed by atoms with Gasteiger partial charge in [-0.2, -0.15) is 4.98 Å². The van der Waals surface area contributed by atoms with Gasteiger partial charge in [-0.1, -0.05) is 23.9 Å². The van der Waals surface area contributed by atoms with Gasteiger partial charge in [0.1, 0.15) is 25.0 Å². The number of aliphatic hydroxyl groups is 1. The third-order valence-electron chi connectivity index (χ3n) is 4.87. The average molecular weight is 506 g/mol. The summed E-state index contributed by atoms with van der Waals surface area (Å²) in [7, 11) is 0. The summed E-state index contributed by atoms with van der Waals surface area (Å²) < 4.78 is 17.7. The van der Waals surface area contributed by atoms with E-state index in [1.165, 1.54) is 4.57 Å². The van der Waals surface area contributed by atoms with E-state index in [4.69, 9.17) is 37.1 Å². The number of fused-ring (bicyclic) bond motifs is 2. The Morgan fingerprint density at radius 1 is 1.34 bits per heavy atom. The summed E-state index contributed by atoms with van der Waals surface area (Å²) in [5, 5.41) is 11.2. The summed E-state index contributed by atoms with van der Waals surface area (Å²) in [6, 6.07) is 7.09. The van der Waals surface area contributed by atoms with Gasteiger partial charge in [0.25, 0.3) is 5.56 Å². The van der Waals surface area contributed by atoms with Crippen molar-refractivity contribution in [2.24, 2.45) is 0 Å². The molecule has 5 atom stereocenters. The number of aliphatic hydroxyl groups excluding tert-OH is 1. The first kappa shape index (κ1) is 24.1. The van der Waals surface area contributed by atoms with Crippen LogP contribution in [0.3, 0.4) is 0 Å². The molecule has 2 saturated heterocycles. The van der Waals surface area contributed by atoms with Crippen molar-refractivity contribution in [2.45, 2.75) is 34.6 Å². The minimum atomic E-state index is -3.73. The molecule has 2 unspecified atom stereocenters. The number of hydrogen-bond donors (Lipinski definition) is 4. The number of rotatable bonds is 3. The fraction of sp³-hybridized carbons (Fsp3) is 0.312. The van der Waals surface area contributed by atoms with Gasteiger partial charge in [0.2, 0.25) is 5.95 Å². The molecule has 6 N–H and O–H groups in total. The second kappa shape index (κ2) is 8.96. The predicted molar refractivity (Wildman–Crippen MR) is 113 cm³/mol. The first-order valence-electron chi connectivity index (χ1n) is 9.01. The van der Waals surface area contributed by atoms with E-state index in [0.29, 0.717) is 10.6 Å². The van der Waals surface area contributed by atoms with Crippen LogP contribution in [0.15, 0.2) is 39.1 Å². The third kappa shape index (κ3) is 4.26. The van der Waals surface area contributed by atoms with Crippen LogP contribution in [0.2, 0.25) is 0 Å². The zero-order chi connectivity index (χ0) is 21.9. The molecule has 2 aliphatic rings. The maximum atomic E-state index is 12.4. The Kier molecular flexibility index (Phi) is 6.75. The molecule has 0 spiro atoms. The summed E-state index contributed by atoms with van der Waals surface area (Å²) in [5.41, 5.74) is 11.8. The molecule has 1 aromatic carbocycles. The van der Waals surface area contributed by atoms with Crippen molar-refractivity contribution < 1.29 is 53.3 Å². The Morgan fingerprint density at radius 2 is 2.09 bits per heavy atom. The number of para-hydroxylation sites is 1. The smallest absolute Gasteiger partial charge is 0.780 e. The number of benzene rings is 1. The van der Waals surface area contributed by atoms with Gasteiger partial charge in [0.05, 0.1) is 6.61 Å². The van der Waals surface area contributed by atoms with Gasteiger partial charge >= 0.3 is 29.6 Å². The normalized spacial score (nSPS) is 29.6. The van der Waals surface area contributed by atoms with E-state index in [1.54, 1.807) is 24.3 Å². The number of aromatic amines is 1. The van der Waals surface area contributed by atoms with E-state index in [9.17, 15) is 14.8 Å². The van der Waals surface area contributed by atoms with Gasteiger partial charge in [-0.15, -0.1) is 0 Å². The monoisotopic (exact) mass is 506 g/mol. The van der Waals surface area contributed by atoms with Crippen molar-refractivity contribution in [2.75, 3.05) is 18.1 Å². The van der Waals surface area contributed by atoms with Crippen LogP contribution in [0.5, 0.6) is 0 Å². The number of nitrogens with one attached hydrogen (secondary N) is 1. The molecule has 2 aromatic heterocycles. The van der Waals surface area contributed by atoms with Crippen molar-refractivity contribution in [3.63, 3.8) is 0 Å². The van der Waals surface area contributed by atoms with Gasteiger partial charge in [-0.25, -0.2) is 4.98 Å². The van der Waals surface area contributed by atoms with Crippen molar-refractivity contribution in [1.82, 2.24) is 19.5 Å². The van der Waals surface area contributed by atoms with Crippen LogP contribution in [0, 0.1) is 0 Å². The first-order valence-corrected chi connectivity index (χ1v) is 12.4. The molecule has 0 aliphatic carbocycles. The van der Waals surface area contributed by atoms with Crippen LogP contribution in [0.4, 0.5) is 11.6 Å². The van der Waals surface area contributed by atoms with Gasteiger partial charge in [0.15, 0.2) is 22.5 Å². The number of hydrogen-bond acceptors (Lipinski definition) is 12. The second-order valence-corrected chi connectivity index (χ2v) is 10.6. The van der Waals surface area contributed by atoms with Gasteiger partial charge in [-0.05, 0) is 23.9 Å². The third-order valence-corrected chi connectivity index (χ3v) is 7.47. The SMILES string of the molecule is Nc1nc2c(nc(Sc3ccccc3N)n2[C@H]2O[C@@H]3COP([O-])(=S)OC3[C@@H]2O)c(=O)[nH]1.[Na+]. The van der Waals surface area contributed by atoms with Crippen LogP contribution in [0.1, 0.15) is 6.23 Å². The minimum Gasteiger partial charge on any atom is -0.780 e. The summed E-state index contributed by atoms with van der Waals surface area (Å²) in [4.78, 5) is 36.1. The zero-order valence-electron chi connectivity index (χ0n) is 16.6. The molecule has 4 heterocycles. The number of aromatic nitrogens is 4. The Labute approximate surface area is 212 Å². The van der Waals surface area contributed by atoms with Gasteiger partial charge in [0, 0.05) is 10.6 Å². The molecule has 2 fully saturated rings. The van der Waals surface area contributed by atoms with Crippen LogP contribution < -0.4 is 51.5 Å². The number of anilines is 2. The fourth-order valence-electron chi connectivity index (χ4n) is 3.50. The molecule has 32 heavy (non-hydrogen) atoms. The Balaban J connectivity index is 0.00000245. The summed E-state index contributed by atoms with van der Waals surface area (Å²) in [6.07, 6.45) is -4.10. The molecule has 12 nitrogen and oxygen atoms in total. The average Bonchev–Trinajstić information content (AvgIpc) is 3.20. The molecule has 2 aliphatic heterocycles. The number of imidazole rings is 1. The maximum absolute atomic E-state index is 12.4. The molecule has 0 bridgehead atoms. The molecule has 0 radical (unpaired) electrons. The Bertz CT molecular complexity index is 1290. The van der Waals surface area contributed by atoms with E-state index in [0.717, 1.165) is 11.8 Å². The van der Waals surface area contributed by atoms with E-state index < -0.39 is 36.8 Å². The maximum Gasteiger partial charge on any atom is 1.00 e. The van der Waals surface area contributed by atoms with E-state index in [2.05, 4.69) is 15.0 Å². The van der Waals surface area contributed by atoms with Crippen LogP contribution in [-0.2, 0) is 25.6 Å². The summed E-state index contributed by atoms with van der Waals surface area (Å²) in [6.45, 7) is -3.84. The van der Waals surface area contributed by atoms with Crippen molar-refractivity contribution in [3.8, 4) is 0 Å². The molecular formula is C16H16N6NaO6PS2. The largest absolute Gasteiger partial charge is 1.00 e. The number of nitrogens with zero attached hydrogens (tertiary/aromatic N) is 3. The standard InChI is InChI=1S/C16H17N6O6PS2.Na/c17-6-3-1-2-4-8(6)31-16-19-9-12(20-15(18)21-13(9)24)22(16)14-10(23)11-7(27-14)5-26-29(25,30)28-11;/h1-4,7,10-11,14,23H,5,17H2,(H,25,30)(H3,18,20,21,24);/q;+1/p-1/t7-,10+,11?,14+,29?;/m1./s1. The van der Waals surface area contributed by atoms with E-state index >= 15 is 0 Å². The van der Waals surface area contributed by atoms with E-state index in [1.807, 2.05) is 0 Å². The first-order chi connectivity index (χ1) is 14.7.